The van der Waals surface area contributed by atoms with Crippen LogP contribution in [0.25, 0.3) is 17.0 Å². The van der Waals surface area contributed by atoms with E-state index in [9.17, 15) is 13.6 Å². The van der Waals surface area contributed by atoms with Crippen molar-refractivity contribution >= 4 is 22.9 Å². The number of alkyl halides is 1. The van der Waals surface area contributed by atoms with E-state index >= 15 is 4.39 Å². The number of rotatable bonds is 5. The number of fused-ring (bicyclic) bond motifs is 1. The second-order valence-electron chi connectivity index (χ2n) is 8.84. The number of imidazole rings is 1. The summed E-state index contributed by atoms with van der Waals surface area (Å²) in [6.07, 6.45) is 2.25. The first kappa shape index (κ1) is 22.5. The van der Waals surface area contributed by atoms with E-state index in [1.54, 1.807) is 10.6 Å². The van der Waals surface area contributed by atoms with E-state index in [0.717, 1.165) is 24.8 Å². The molecule has 0 spiro atoms. The highest BCUT2D eigenvalue weighted by atomic mass is 19.1. The first-order valence-corrected chi connectivity index (χ1v) is 11.5. The van der Waals surface area contributed by atoms with Gasteiger partial charge in [0.2, 0.25) is 11.7 Å². The fourth-order valence-electron chi connectivity index (χ4n) is 4.28. The SMILES string of the molecule is Cc1c(F)cc(-c2noc([C@H]3C[C@@H]3F)n2)c(F)c1NC(=O)c1cnc2cc(N3CCOCC3)ccn12. The number of hydrogen-bond donors (Lipinski definition) is 1. The van der Waals surface area contributed by atoms with Gasteiger partial charge in [-0.3, -0.25) is 9.20 Å². The van der Waals surface area contributed by atoms with Crippen molar-refractivity contribution in [2.75, 3.05) is 36.5 Å². The Hall–Kier alpha value is -3.93. The fraction of sp³-hybridized carbons (Fsp3) is 0.333. The average Bonchev–Trinajstić information content (AvgIpc) is 3.26. The maximum Gasteiger partial charge on any atom is 0.274 e. The molecule has 6 rings (SSSR count). The number of anilines is 2. The molecule has 1 N–H and O–H groups in total. The van der Waals surface area contributed by atoms with Crippen molar-refractivity contribution in [2.45, 2.75) is 25.4 Å². The summed E-state index contributed by atoms with van der Waals surface area (Å²) in [5, 5.41) is 6.14. The smallest absolute Gasteiger partial charge is 0.274 e. The third kappa shape index (κ3) is 3.87. The van der Waals surface area contributed by atoms with Crippen LogP contribution in [-0.4, -0.2) is 57.9 Å². The minimum absolute atomic E-state index is 0.0330. The lowest BCUT2D eigenvalue weighted by molar-refractivity contribution is 0.102. The molecule has 0 unspecified atom stereocenters. The molecule has 9 nitrogen and oxygen atoms in total. The van der Waals surface area contributed by atoms with Crippen LogP contribution < -0.4 is 10.2 Å². The van der Waals surface area contributed by atoms with E-state index in [-0.39, 0.29) is 40.6 Å². The topological polar surface area (TPSA) is 97.8 Å². The third-order valence-electron chi connectivity index (χ3n) is 6.52. The van der Waals surface area contributed by atoms with E-state index in [1.165, 1.54) is 13.1 Å². The van der Waals surface area contributed by atoms with Crippen molar-refractivity contribution in [3.63, 3.8) is 0 Å². The van der Waals surface area contributed by atoms with Crippen LogP contribution in [0, 0.1) is 18.6 Å². The molecule has 1 amide bonds. The summed E-state index contributed by atoms with van der Waals surface area (Å²) in [5.74, 6) is -3.08. The number of benzene rings is 1. The maximum atomic E-state index is 15.5. The quantitative estimate of drug-likeness (QED) is 0.446. The molecule has 2 atom stereocenters. The zero-order valence-corrected chi connectivity index (χ0v) is 19.2. The molecule has 0 radical (unpaired) electrons. The lowest BCUT2D eigenvalue weighted by atomic mass is 10.1. The van der Waals surface area contributed by atoms with E-state index in [2.05, 4.69) is 25.3 Å². The van der Waals surface area contributed by atoms with Crippen molar-refractivity contribution < 1.29 is 27.2 Å². The zero-order chi connectivity index (χ0) is 25.0. The number of carbonyl (C=O) groups is 1. The highest BCUT2D eigenvalue weighted by molar-refractivity contribution is 6.04. The molecule has 36 heavy (non-hydrogen) atoms. The summed E-state index contributed by atoms with van der Waals surface area (Å²) in [7, 11) is 0. The van der Waals surface area contributed by atoms with Crippen LogP contribution in [0.5, 0.6) is 0 Å². The van der Waals surface area contributed by atoms with Gasteiger partial charge in [0.1, 0.15) is 23.3 Å². The van der Waals surface area contributed by atoms with Crippen molar-refractivity contribution in [1.82, 2.24) is 19.5 Å². The van der Waals surface area contributed by atoms with Gasteiger partial charge in [0, 0.05) is 36.6 Å². The second kappa shape index (κ2) is 8.63. The highest BCUT2D eigenvalue weighted by Gasteiger charge is 2.43. The number of nitrogens with zero attached hydrogens (tertiary/aromatic N) is 5. The molecule has 1 saturated heterocycles. The Morgan fingerprint density at radius 1 is 1.22 bits per heavy atom. The number of halogens is 3. The van der Waals surface area contributed by atoms with Gasteiger partial charge in [-0.25, -0.2) is 18.2 Å². The van der Waals surface area contributed by atoms with Gasteiger partial charge in [-0.2, -0.15) is 4.98 Å². The maximum absolute atomic E-state index is 15.5. The molecular formula is C24H21F3N6O3. The van der Waals surface area contributed by atoms with E-state index in [0.29, 0.717) is 18.9 Å². The van der Waals surface area contributed by atoms with Gasteiger partial charge < -0.3 is 19.5 Å². The minimum Gasteiger partial charge on any atom is -0.378 e. The summed E-state index contributed by atoms with van der Waals surface area (Å²) in [4.78, 5) is 23.6. The molecule has 1 aliphatic carbocycles. The van der Waals surface area contributed by atoms with Gasteiger partial charge in [0.25, 0.3) is 5.91 Å². The molecule has 0 bridgehead atoms. The lowest BCUT2D eigenvalue weighted by Gasteiger charge is -2.28. The predicted molar refractivity (Wildman–Crippen MR) is 123 cm³/mol. The van der Waals surface area contributed by atoms with Crippen molar-refractivity contribution in [3.05, 3.63) is 59.4 Å². The monoisotopic (exact) mass is 498 g/mol. The summed E-state index contributed by atoms with van der Waals surface area (Å²) < 4.78 is 55.5. The van der Waals surface area contributed by atoms with Gasteiger partial charge in [0.05, 0.1) is 36.6 Å². The Bertz CT molecular complexity index is 1480. The van der Waals surface area contributed by atoms with Gasteiger partial charge in [-0.05, 0) is 25.5 Å². The number of pyridine rings is 1. The van der Waals surface area contributed by atoms with Crippen LogP contribution in [0.3, 0.4) is 0 Å². The van der Waals surface area contributed by atoms with Crippen molar-refractivity contribution in [3.8, 4) is 11.4 Å². The Labute approximate surface area is 202 Å². The average molecular weight is 498 g/mol. The zero-order valence-electron chi connectivity index (χ0n) is 19.2. The number of carbonyl (C=O) groups excluding carboxylic acids is 1. The molecule has 3 aromatic heterocycles. The summed E-state index contributed by atoms with van der Waals surface area (Å²) in [5.41, 5.74) is 0.885. The molecule has 12 heteroatoms. The van der Waals surface area contributed by atoms with Crippen LogP contribution in [0.15, 0.2) is 35.1 Å². The predicted octanol–water partition coefficient (Wildman–Crippen LogP) is 3.89. The Balaban J connectivity index is 1.29. The van der Waals surface area contributed by atoms with Crippen LogP contribution in [-0.2, 0) is 4.74 Å². The molecule has 2 fully saturated rings. The van der Waals surface area contributed by atoms with Gasteiger partial charge in [0.15, 0.2) is 5.82 Å². The fourth-order valence-corrected chi connectivity index (χ4v) is 4.28. The molecule has 2 aliphatic rings. The van der Waals surface area contributed by atoms with E-state index in [4.69, 9.17) is 9.26 Å². The standard InChI is InChI=1S/C24H21F3N6O3/c1-12-16(25)10-15(22-30-24(36-31-22)14-9-17(14)26)20(27)21(12)29-23(34)18-11-28-19-8-13(2-3-33(18)19)32-4-6-35-7-5-32/h2-3,8,10-11,14,17H,4-7,9H2,1H3,(H,29,34)/t14-,17-/m0/s1. The number of amides is 1. The summed E-state index contributed by atoms with van der Waals surface area (Å²) in [6, 6.07) is 4.64. The van der Waals surface area contributed by atoms with E-state index < -0.39 is 29.6 Å². The molecule has 4 heterocycles. The number of nitrogens with one attached hydrogen (secondary N) is 1. The number of morpholine rings is 1. The number of aromatic nitrogens is 4. The molecule has 4 aromatic rings. The third-order valence-corrected chi connectivity index (χ3v) is 6.52. The van der Waals surface area contributed by atoms with Crippen LogP contribution >= 0.6 is 0 Å². The molecular weight excluding hydrogens is 477 g/mol. The highest BCUT2D eigenvalue weighted by Crippen LogP contribution is 2.43. The van der Waals surface area contributed by atoms with Crippen molar-refractivity contribution in [2.24, 2.45) is 0 Å². The van der Waals surface area contributed by atoms with Gasteiger partial charge in [-0.15, -0.1) is 0 Å². The Morgan fingerprint density at radius 3 is 2.75 bits per heavy atom. The number of hydrogen-bond acceptors (Lipinski definition) is 7. The first-order chi connectivity index (χ1) is 17.4. The minimum atomic E-state index is -1.08. The van der Waals surface area contributed by atoms with Gasteiger partial charge in [-0.1, -0.05) is 5.16 Å². The van der Waals surface area contributed by atoms with Crippen LogP contribution in [0.4, 0.5) is 24.5 Å². The second-order valence-corrected chi connectivity index (χ2v) is 8.84. The largest absolute Gasteiger partial charge is 0.378 e. The summed E-state index contributed by atoms with van der Waals surface area (Å²) in [6.45, 7) is 4.12. The lowest BCUT2D eigenvalue weighted by Crippen LogP contribution is -2.36. The molecule has 1 saturated carbocycles. The van der Waals surface area contributed by atoms with Crippen molar-refractivity contribution in [1.29, 1.82) is 0 Å². The molecule has 1 aliphatic heterocycles. The van der Waals surface area contributed by atoms with Crippen LogP contribution in [0.2, 0.25) is 0 Å². The van der Waals surface area contributed by atoms with Gasteiger partial charge >= 0.3 is 0 Å². The number of ether oxygens (including phenoxy) is 1. The Morgan fingerprint density at radius 2 is 2.00 bits per heavy atom. The van der Waals surface area contributed by atoms with E-state index in [1.807, 2.05) is 12.1 Å². The summed E-state index contributed by atoms with van der Waals surface area (Å²) >= 11 is 0. The normalized spacial score (nSPS) is 19.6. The first-order valence-electron chi connectivity index (χ1n) is 11.5. The van der Waals surface area contributed by atoms with Crippen LogP contribution in [0.1, 0.15) is 34.3 Å². The molecule has 1 aromatic carbocycles. The molecule has 186 valence electrons. The Kier molecular flexibility index (Phi) is 5.40.